The van der Waals surface area contributed by atoms with Crippen LogP contribution in [-0.4, -0.2) is 22.8 Å². The molecule has 88 valence electrons. The largest absolute Gasteiger partial charge is 0.504 e. The van der Waals surface area contributed by atoms with Crippen LogP contribution in [0.1, 0.15) is 34.0 Å². The first-order valence-corrected chi connectivity index (χ1v) is 5.10. The molecule has 0 heterocycles. The smallest absolute Gasteiger partial charge is 0.338 e. The van der Waals surface area contributed by atoms with Crippen LogP contribution in [0.25, 0.3) is 0 Å². The van der Waals surface area contributed by atoms with Crippen molar-refractivity contribution >= 4 is 5.97 Å². The Morgan fingerprint density at radius 3 is 2.06 bits per heavy atom. The molecule has 0 aliphatic carbocycles. The molecule has 0 atom stereocenters. The van der Waals surface area contributed by atoms with E-state index in [1.807, 2.05) is 0 Å². The van der Waals surface area contributed by atoms with Gasteiger partial charge in [-0.05, 0) is 38.8 Å². The fourth-order valence-corrected chi connectivity index (χ4v) is 1.63. The van der Waals surface area contributed by atoms with E-state index in [0.717, 1.165) is 0 Å². The van der Waals surface area contributed by atoms with E-state index in [9.17, 15) is 15.0 Å². The summed E-state index contributed by atoms with van der Waals surface area (Å²) in [4.78, 5) is 11.7. The second-order valence-electron chi connectivity index (χ2n) is 3.67. The van der Waals surface area contributed by atoms with E-state index >= 15 is 0 Å². The molecule has 1 aromatic rings. The molecule has 1 aromatic carbocycles. The van der Waals surface area contributed by atoms with Gasteiger partial charge in [-0.2, -0.15) is 0 Å². The van der Waals surface area contributed by atoms with E-state index in [2.05, 4.69) is 0 Å². The Morgan fingerprint density at radius 1 is 1.06 bits per heavy atom. The first-order chi connectivity index (χ1) is 7.41. The summed E-state index contributed by atoms with van der Waals surface area (Å²) < 4.78 is 4.91. The Kier molecular flexibility index (Phi) is 3.42. The van der Waals surface area contributed by atoms with Gasteiger partial charge in [0.1, 0.15) is 0 Å². The van der Waals surface area contributed by atoms with Crippen LogP contribution in [0, 0.1) is 20.8 Å². The average Bonchev–Trinajstić information content (AvgIpc) is 2.24. The normalized spacial score (nSPS) is 10.2. The van der Waals surface area contributed by atoms with Crippen molar-refractivity contribution in [3.8, 4) is 11.5 Å². The molecule has 0 bridgehead atoms. The van der Waals surface area contributed by atoms with Crippen LogP contribution < -0.4 is 0 Å². The quantitative estimate of drug-likeness (QED) is 0.597. The summed E-state index contributed by atoms with van der Waals surface area (Å²) in [6, 6.07) is 0. The van der Waals surface area contributed by atoms with Gasteiger partial charge in [0.2, 0.25) is 0 Å². The zero-order chi connectivity index (χ0) is 12.5. The summed E-state index contributed by atoms with van der Waals surface area (Å²) in [5, 5.41) is 19.3. The lowest BCUT2D eigenvalue weighted by Gasteiger charge is -2.14. The SMILES string of the molecule is CCOC(=O)c1c(C)c(C)c(O)c(O)c1C. The lowest BCUT2D eigenvalue weighted by atomic mass is 9.96. The molecule has 16 heavy (non-hydrogen) atoms. The first-order valence-electron chi connectivity index (χ1n) is 5.10. The van der Waals surface area contributed by atoms with Crippen LogP contribution >= 0.6 is 0 Å². The number of carbonyl (C=O) groups is 1. The molecule has 0 aliphatic rings. The number of hydrogen-bond donors (Lipinski definition) is 2. The maximum atomic E-state index is 11.7. The second-order valence-corrected chi connectivity index (χ2v) is 3.67. The molecule has 0 spiro atoms. The molecular weight excluding hydrogens is 208 g/mol. The topological polar surface area (TPSA) is 66.8 Å². The number of hydrogen-bond acceptors (Lipinski definition) is 4. The van der Waals surface area contributed by atoms with E-state index in [1.54, 1.807) is 27.7 Å². The zero-order valence-electron chi connectivity index (χ0n) is 9.92. The number of carbonyl (C=O) groups excluding carboxylic acids is 1. The molecule has 0 aromatic heterocycles. The molecule has 0 saturated heterocycles. The number of ether oxygens (including phenoxy) is 1. The van der Waals surface area contributed by atoms with E-state index < -0.39 is 5.97 Å². The lowest BCUT2D eigenvalue weighted by molar-refractivity contribution is 0.0524. The predicted octanol–water partition coefficient (Wildman–Crippen LogP) is 2.20. The van der Waals surface area contributed by atoms with Crippen LogP contribution in [0.15, 0.2) is 0 Å². The Bertz CT molecular complexity index is 406. The second kappa shape index (κ2) is 4.43. The standard InChI is InChI=1S/C12H16O4/c1-5-16-12(15)9-6(2)7(3)10(13)11(14)8(9)4/h13-14H,5H2,1-4H3. The predicted molar refractivity (Wildman–Crippen MR) is 59.9 cm³/mol. The number of benzene rings is 1. The van der Waals surface area contributed by atoms with Gasteiger partial charge in [0.15, 0.2) is 11.5 Å². The summed E-state index contributed by atoms with van der Waals surface area (Å²) in [7, 11) is 0. The molecule has 1 rings (SSSR count). The van der Waals surface area contributed by atoms with Crippen LogP contribution in [0.5, 0.6) is 11.5 Å². The first kappa shape index (κ1) is 12.4. The molecule has 0 saturated carbocycles. The molecule has 0 unspecified atom stereocenters. The Balaban J connectivity index is 3.45. The van der Waals surface area contributed by atoms with E-state index in [4.69, 9.17) is 4.74 Å². The Hall–Kier alpha value is -1.71. The Morgan fingerprint density at radius 2 is 1.56 bits per heavy atom. The average molecular weight is 224 g/mol. The van der Waals surface area contributed by atoms with Crippen LogP contribution in [0.2, 0.25) is 0 Å². The highest BCUT2D eigenvalue weighted by molar-refractivity contribution is 5.94. The summed E-state index contributed by atoms with van der Waals surface area (Å²) in [6.07, 6.45) is 0. The van der Waals surface area contributed by atoms with Gasteiger partial charge in [-0.1, -0.05) is 0 Å². The van der Waals surface area contributed by atoms with Crippen LogP contribution in [0.3, 0.4) is 0 Å². The van der Waals surface area contributed by atoms with Gasteiger partial charge in [0.25, 0.3) is 0 Å². The van der Waals surface area contributed by atoms with Crippen molar-refractivity contribution in [2.75, 3.05) is 6.61 Å². The van der Waals surface area contributed by atoms with E-state index in [-0.39, 0.29) is 18.1 Å². The van der Waals surface area contributed by atoms with Gasteiger partial charge in [-0.15, -0.1) is 0 Å². The third kappa shape index (κ3) is 1.83. The van der Waals surface area contributed by atoms with Crippen molar-refractivity contribution < 1.29 is 19.7 Å². The zero-order valence-corrected chi connectivity index (χ0v) is 9.92. The summed E-state index contributed by atoms with van der Waals surface area (Å²) in [5.74, 6) is -0.912. The monoisotopic (exact) mass is 224 g/mol. The van der Waals surface area contributed by atoms with Crippen molar-refractivity contribution in [2.24, 2.45) is 0 Å². The van der Waals surface area contributed by atoms with Gasteiger partial charge in [0.05, 0.1) is 12.2 Å². The molecular formula is C12H16O4. The minimum Gasteiger partial charge on any atom is -0.504 e. The van der Waals surface area contributed by atoms with Crippen molar-refractivity contribution in [3.63, 3.8) is 0 Å². The molecule has 4 heteroatoms. The van der Waals surface area contributed by atoms with Crippen molar-refractivity contribution in [1.29, 1.82) is 0 Å². The van der Waals surface area contributed by atoms with E-state index in [1.165, 1.54) is 0 Å². The third-order valence-electron chi connectivity index (χ3n) is 2.73. The molecule has 0 amide bonds. The van der Waals surface area contributed by atoms with Crippen LogP contribution in [-0.2, 0) is 4.74 Å². The fourth-order valence-electron chi connectivity index (χ4n) is 1.63. The number of esters is 1. The molecule has 0 radical (unpaired) electrons. The number of rotatable bonds is 2. The maximum absolute atomic E-state index is 11.7. The van der Waals surface area contributed by atoms with Crippen molar-refractivity contribution in [3.05, 3.63) is 22.3 Å². The minimum atomic E-state index is -0.476. The molecule has 0 aliphatic heterocycles. The third-order valence-corrected chi connectivity index (χ3v) is 2.73. The summed E-state index contributed by atoms with van der Waals surface area (Å²) >= 11 is 0. The minimum absolute atomic E-state index is 0.178. The van der Waals surface area contributed by atoms with Crippen molar-refractivity contribution in [1.82, 2.24) is 0 Å². The Labute approximate surface area is 94.5 Å². The van der Waals surface area contributed by atoms with Crippen LogP contribution in [0.4, 0.5) is 0 Å². The van der Waals surface area contributed by atoms with Gasteiger partial charge < -0.3 is 14.9 Å². The van der Waals surface area contributed by atoms with Gasteiger partial charge in [0, 0.05) is 5.56 Å². The number of aromatic hydroxyl groups is 2. The summed E-state index contributed by atoms with van der Waals surface area (Å²) in [6.45, 7) is 6.93. The van der Waals surface area contributed by atoms with Gasteiger partial charge in [-0.25, -0.2) is 4.79 Å². The highest BCUT2D eigenvalue weighted by Crippen LogP contribution is 2.37. The lowest BCUT2D eigenvalue weighted by Crippen LogP contribution is -2.10. The number of phenolic OH excluding ortho intramolecular Hbond substituents is 2. The molecule has 2 N–H and O–H groups in total. The highest BCUT2D eigenvalue weighted by Gasteiger charge is 2.21. The molecule has 0 fully saturated rings. The summed E-state index contributed by atoms with van der Waals surface area (Å²) in [5.41, 5.74) is 1.80. The van der Waals surface area contributed by atoms with E-state index in [0.29, 0.717) is 22.3 Å². The molecule has 4 nitrogen and oxygen atoms in total. The van der Waals surface area contributed by atoms with Crippen molar-refractivity contribution in [2.45, 2.75) is 27.7 Å². The van der Waals surface area contributed by atoms with Gasteiger partial charge >= 0.3 is 5.97 Å². The fraction of sp³-hybridized carbons (Fsp3) is 0.417. The highest BCUT2D eigenvalue weighted by atomic mass is 16.5. The van der Waals surface area contributed by atoms with Gasteiger partial charge in [-0.3, -0.25) is 0 Å². The number of phenols is 2. The maximum Gasteiger partial charge on any atom is 0.338 e.